The van der Waals surface area contributed by atoms with Gasteiger partial charge in [-0.3, -0.25) is 4.79 Å². The molecule has 1 aromatic heterocycles. The molecule has 138 valence electrons. The largest absolute Gasteiger partial charge is 0.330 e. The molecule has 0 bridgehead atoms. The van der Waals surface area contributed by atoms with Gasteiger partial charge in [-0.15, -0.1) is 11.3 Å². The number of hydrogen-bond acceptors (Lipinski definition) is 4. The summed E-state index contributed by atoms with van der Waals surface area (Å²) in [6.07, 6.45) is 0. The predicted molar refractivity (Wildman–Crippen MR) is 101 cm³/mol. The highest BCUT2D eigenvalue weighted by Gasteiger charge is 2.47. The molecule has 2 fully saturated rings. The van der Waals surface area contributed by atoms with E-state index in [4.69, 9.17) is 0 Å². The molecule has 0 radical (unpaired) electrons. The number of aryl methyl sites for hydroxylation is 1. The van der Waals surface area contributed by atoms with Crippen molar-refractivity contribution in [1.82, 2.24) is 15.2 Å². The first-order chi connectivity index (χ1) is 12.5. The monoisotopic (exact) mass is 373 g/mol. The fraction of sp³-hybridized carbons (Fsp3) is 0.500. The van der Waals surface area contributed by atoms with Crippen molar-refractivity contribution in [3.63, 3.8) is 0 Å². The Morgan fingerprint density at radius 2 is 2.19 bits per heavy atom. The van der Waals surface area contributed by atoms with E-state index in [2.05, 4.69) is 24.1 Å². The maximum absolute atomic E-state index is 13.8. The molecule has 0 aliphatic carbocycles. The van der Waals surface area contributed by atoms with Gasteiger partial charge in [0.05, 0.1) is 16.7 Å². The van der Waals surface area contributed by atoms with Crippen LogP contribution in [0.5, 0.6) is 0 Å². The van der Waals surface area contributed by atoms with E-state index in [0.29, 0.717) is 24.3 Å². The second-order valence-corrected chi connectivity index (χ2v) is 8.69. The zero-order chi connectivity index (χ0) is 18.4. The number of nitrogens with one attached hydrogen (secondary N) is 1. The Balaban J connectivity index is 1.71. The van der Waals surface area contributed by atoms with Gasteiger partial charge < -0.3 is 10.2 Å². The van der Waals surface area contributed by atoms with Crippen LogP contribution in [0.1, 0.15) is 51.7 Å². The summed E-state index contributed by atoms with van der Waals surface area (Å²) >= 11 is 1.50. The molecule has 3 heterocycles. The van der Waals surface area contributed by atoms with Gasteiger partial charge in [0.2, 0.25) is 0 Å². The van der Waals surface area contributed by atoms with Crippen LogP contribution in [0.3, 0.4) is 0 Å². The predicted octanol–water partition coefficient (Wildman–Crippen LogP) is 3.75. The van der Waals surface area contributed by atoms with Crippen molar-refractivity contribution in [1.29, 1.82) is 0 Å². The van der Waals surface area contributed by atoms with E-state index in [1.165, 1.54) is 17.4 Å². The number of rotatable bonds is 3. The molecule has 0 saturated carbocycles. The van der Waals surface area contributed by atoms with Gasteiger partial charge in [0, 0.05) is 31.5 Å². The van der Waals surface area contributed by atoms with Crippen LogP contribution < -0.4 is 5.32 Å². The minimum absolute atomic E-state index is 0.0376. The highest BCUT2D eigenvalue weighted by atomic mass is 32.1. The fourth-order valence-electron chi connectivity index (χ4n) is 4.24. The first kappa shape index (κ1) is 17.6. The van der Waals surface area contributed by atoms with Crippen LogP contribution in [0.15, 0.2) is 24.3 Å². The molecule has 4 rings (SSSR count). The van der Waals surface area contributed by atoms with Crippen molar-refractivity contribution < 1.29 is 9.18 Å². The van der Waals surface area contributed by atoms with Gasteiger partial charge in [0.1, 0.15) is 10.7 Å². The summed E-state index contributed by atoms with van der Waals surface area (Å²) in [5, 5.41) is 4.42. The average Bonchev–Trinajstić information content (AvgIpc) is 3.27. The molecule has 3 atom stereocenters. The maximum atomic E-state index is 13.8. The van der Waals surface area contributed by atoms with Gasteiger partial charge in [0.15, 0.2) is 0 Å². The summed E-state index contributed by atoms with van der Waals surface area (Å²) in [5.74, 6) is 0.848. The third kappa shape index (κ3) is 2.95. The SMILES string of the molecule is Cc1nc(C(C)C)sc1C(=O)N1C[C@@H]2CNC[C@@H]2[C@H]1c1cccc(F)c1. The van der Waals surface area contributed by atoms with Crippen LogP contribution in [0, 0.1) is 24.6 Å². The van der Waals surface area contributed by atoms with Crippen molar-refractivity contribution in [2.24, 2.45) is 11.8 Å². The number of carbonyl (C=O) groups is 1. The average molecular weight is 373 g/mol. The highest BCUT2D eigenvalue weighted by molar-refractivity contribution is 7.13. The van der Waals surface area contributed by atoms with Gasteiger partial charge in [-0.05, 0) is 30.5 Å². The van der Waals surface area contributed by atoms with Gasteiger partial charge in [-0.1, -0.05) is 26.0 Å². The van der Waals surface area contributed by atoms with Crippen molar-refractivity contribution >= 4 is 17.2 Å². The number of likely N-dealkylation sites (tertiary alicyclic amines) is 1. The van der Waals surface area contributed by atoms with E-state index in [1.807, 2.05) is 17.9 Å². The molecule has 1 N–H and O–H groups in total. The Morgan fingerprint density at radius 1 is 1.38 bits per heavy atom. The van der Waals surface area contributed by atoms with Crippen LogP contribution in [0.25, 0.3) is 0 Å². The third-order valence-corrected chi connectivity index (χ3v) is 6.96. The molecule has 1 aromatic carbocycles. The summed E-state index contributed by atoms with van der Waals surface area (Å²) in [7, 11) is 0. The zero-order valence-electron chi connectivity index (χ0n) is 15.3. The van der Waals surface area contributed by atoms with E-state index < -0.39 is 0 Å². The Hall–Kier alpha value is -1.79. The maximum Gasteiger partial charge on any atom is 0.266 e. The lowest BCUT2D eigenvalue weighted by Crippen LogP contribution is -2.34. The smallest absolute Gasteiger partial charge is 0.266 e. The molecule has 2 aliphatic heterocycles. The number of nitrogens with zero attached hydrogens (tertiary/aromatic N) is 2. The molecule has 4 nitrogen and oxygen atoms in total. The first-order valence-electron chi connectivity index (χ1n) is 9.20. The van der Waals surface area contributed by atoms with Crippen LogP contribution in [0.2, 0.25) is 0 Å². The zero-order valence-corrected chi connectivity index (χ0v) is 16.1. The normalized spacial score (nSPS) is 25.1. The Bertz CT molecular complexity index is 834. The van der Waals surface area contributed by atoms with Crippen LogP contribution in [-0.4, -0.2) is 35.4 Å². The summed E-state index contributed by atoms with van der Waals surface area (Å²) in [6, 6.07) is 6.62. The van der Waals surface area contributed by atoms with E-state index in [9.17, 15) is 9.18 Å². The van der Waals surface area contributed by atoms with Crippen molar-refractivity contribution in [2.75, 3.05) is 19.6 Å². The fourth-order valence-corrected chi connectivity index (χ4v) is 5.27. The molecule has 0 spiro atoms. The Labute approximate surface area is 157 Å². The van der Waals surface area contributed by atoms with Crippen LogP contribution >= 0.6 is 11.3 Å². The highest BCUT2D eigenvalue weighted by Crippen LogP contribution is 2.44. The number of benzene rings is 1. The second kappa shape index (κ2) is 6.74. The van der Waals surface area contributed by atoms with Crippen LogP contribution in [0.4, 0.5) is 4.39 Å². The molecule has 0 unspecified atom stereocenters. The Morgan fingerprint density at radius 3 is 2.88 bits per heavy atom. The summed E-state index contributed by atoms with van der Waals surface area (Å²) < 4.78 is 13.8. The topological polar surface area (TPSA) is 45.2 Å². The number of aromatic nitrogens is 1. The quantitative estimate of drug-likeness (QED) is 0.891. The molecular formula is C20H24FN3OS. The van der Waals surface area contributed by atoms with E-state index >= 15 is 0 Å². The summed E-state index contributed by atoms with van der Waals surface area (Å²) in [4.78, 5) is 20.7. The second-order valence-electron chi connectivity index (χ2n) is 7.66. The molecular weight excluding hydrogens is 349 g/mol. The number of fused-ring (bicyclic) bond motifs is 1. The molecule has 1 amide bonds. The van der Waals surface area contributed by atoms with E-state index in [-0.39, 0.29) is 17.8 Å². The number of hydrogen-bond donors (Lipinski definition) is 1. The minimum atomic E-state index is -0.250. The molecule has 6 heteroatoms. The van der Waals surface area contributed by atoms with Crippen molar-refractivity contribution in [2.45, 2.75) is 32.7 Å². The van der Waals surface area contributed by atoms with Crippen molar-refractivity contribution in [3.05, 3.63) is 51.2 Å². The standard InChI is InChI=1S/C20H24FN3OS/c1-11(2)19-23-12(3)18(26-19)20(25)24-10-14-8-22-9-16(14)17(24)13-5-4-6-15(21)7-13/h4-7,11,14,16-17,22H,8-10H2,1-3H3/t14-,16-,17+/m0/s1. The molecule has 26 heavy (non-hydrogen) atoms. The van der Waals surface area contributed by atoms with Gasteiger partial charge in [0.25, 0.3) is 5.91 Å². The van der Waals surface area contributed by atoms with Crippen LogP contribution in [-0.2, 0) is 0 Å². The lowest BCUT2D eigenvalue weighted by Gasteiger charge is -2.28. The number of thiazole rings is 1. The third-order valence-electron chi connectivity index (χ3n) is 5.52. The minimum Gasteiger partial charge on any atom is -0.330 e. The summed E-state index contributed by atoms with van der Waals surface area (Å²) in [6.45, 7) is 8.59. The molecule has 2 aromatic rings. The molecule has 2 saturated heterocycles. The van der Waals surface area contributed by atoms with E-state index in [0.717, 1.165) is 34.2 Å². The lowest BCUT2D eigenvalue weighted by molar-refractivity contribution is 0.0717. The number of halogens is 1. The Kier molecular flexibility index (Phi) is 4.57. The van der Waals surface area contributed by atoms with Gasteiger partial charge >= 0.3 is 0 Å². The van der Waals surface area contributed by atoms with Gasteiger partial charge in [-0.25, -0.2) is 9.37 Å². The first-order valence-corrected chi connectivity index (χ1v) is 10.0. The van der Waals surface area contributed by atoms with Gasteiger partial charge in [-0.2, -0.15) is 0 Å². The summed E-state index contributed by atoms with van der Waals surface area (Å²) in [5.41, 5.74) is 1.69. The number of amides is 1. The lowest BCUT2D eigenvalue weighted by atomic mass is 9.89. The van der Waals surface area contributed by atoms with E-state index in [1.54, 1.807) is 12.1 Å². The van der Waals surface area contributed by atoms with Crippen molar-refractivity contribution in [3.8, 4) is 0 Å². The number of carbonyl (C=O) groups excluding carboxylic acids is 1. The molecule has 2 aliphatic rings.